The second kappa shape index (κ2) is 5.77. The van der Waals surface area contributed by atoms with Gasteiger partial charge in [-0.25, -0.2) is 6.29 Å². The van der Waals surface area contributed by atoms with Crippen LogP contribution in [0.5, 0.6) is 0 Å². The van der Waals surface area contributed by atoms with Crippen molar-refractivity contribution in [2.24, 2.45) is 0 Å². The second-order valence-corrected chi connectivity index (χ2v) is 2.44. The standard InChI is InChI=1S/C6H9O3.K.H2O/c1-6(2)8-4-5(3-7)9-6;;/h5H,4H2,1-2H3;;1H2/q-1;+1;/p-1/t5-;;/m1../s1. The zero-order valence-electron chi connectivity index (χ0n) is 6.96. The Morgan fingerprint density at radius 1 is 1.55 bits per heavy atom. The quantitative estimate of drug-likeness (QED) is 0.324. The van der Waals surface area contributed by atoms with E-state index in [1.807, 2.05) is 0 Å². The first-order valence-electron chi connectivity index (χ1n) is 2.83. The van der Waals surface area contributed by atoms with Crippen LogP contribution in [0.2, 0.25) is 0 Å². The van der Waals surface area contributed by atoms with E-state index in [-0.39, 0.29) is 56.9 Å². The molecule has 60 valence electrons. The first-order valence-corrected chi connectivity index (χ1v) is 2.83. The van der Waals surface area contributed by atoms with Gasteiger partial charge in [-0.1, -0.05) is 0 Å². The van der Waals surface area contributed by atoms with Crippen LogP contribution >= 0.6 is 0 Å². The number of hydrogen-bond donors (Lipinski definition) is 0. The van der Waals surface area contributed by atoms with Gasteiger partial charge in [0.25, 0.3) is 0 Å². The smallest absolute Gasteiger partial charge is 0.870 e. The summed E-state index contributed by atoms with van der Waals surface area (Å²) in [5.41, 5.74) is 0. The molecule has 1 aliphatic rings. The van der Waals surface area contributed by atoms with Crippen LogP contribution in [-0.2, 0) is 14.3 Å². The fourth-order valence-corrected chi connectivity index (χ4v) is 0.745. The van der Waals surface area contributed by atoms with E-state index < -0.39 is 11.9 Å². The van der Waals surface area contributed by atoms with E-state index in [1.165, 1.54) is 0 Å². The average molecular weight is 185 g/mol. The summed E-state index contributed by atoms with van der Waals surface area (Å²) in [5, 5.41) is 0. The molecule has 1 N–H and O–H groups in total. The van der Waals surface area contributed by atoms with Gasteiger partial charge in [-0.15, -0.1) is 0 Å². The molecule has 0 aromatic rings. The summed E-state index contributed by atoms with van der Waals surface area (Å²) in [6.07, 6.45) is 1.24. The zero-order valence-corrected chi connectivity index (χ0v) is 10.1. The molecule has 0 aromatic heterocycles. The van der Waals surface area contributed by atoms with Crippen LogP contribution in [0.3, 0.4) is 0 Å². The molecular weight excluding hydrogens is 175 g/mol. The summed E-state index contributed by atoms with van der Waals surface area (Å²) in [5.74, 6) is -0.595. The normalized spacial score (nSPS) is 26.5. The van der Waals surface area contributed by atoms with Crippen LogP contribution < -0.4 is 51.4 Å². The molecule has 0 bridgehead atoms. The van der Waals surface area contributed by atoms with Gasteiger partial charge in [0, 0.05) is 0 Å². The van der Waals surface area contributed by atoms with Gasteiger partial charge in [0.1, 0.15) is 0 Å². The maximum atomic E-state index is 9.96. The molecule has 0 unspecified atom stereocenters. The molecule has 0 radical (unpaired) electrons. The SMILES string of the molecule is CC1(C)OC[C@@H]([C-]=O)O1.[K+].[OH-]. The number of carbonyl (C=O) groups excluding carboxylic acids is 1. The first kappa shape index (κ1) is 14.7. The summed E-state index contributed by atoms with van der Waals surface area (Å²) in [6, 6.07) is 0. The Balaban J connectivity index is 0. The number of rotatable bonds is 1. The number of ether oxygens (including phenoxy) is 2. The maximum absolute atomic E-state index is 9.96. The van der Waals surface area contributed by atoms with Crippen molar-refractivity contribution in [2.45, 2.75) is 25.7 Å². The van der Waals surface area contributed by atoms with Crippen molar-refractivity contribution >= 4 is 6.29 Å². The van der Waals surface area contributed by atoms with E-state index in [0.29, 0.717) is 6.61 Å². The molecule has 0 amide bonds. The van der Waals surface area contributed by atoms with Gasteiger partial charge in [-0.3, -0.25) is 0 Å². The Labute approximate surface area is 108 Å². The predicted octanol–water partition coefficient (Wildman–Crippen LogP) is -2.93. The summed E-state index contributed by atoms with van der Waals surface area (Å²) >= 11 is 0. The van der Waals surface area contributed by atoms with Gasteiger partial charge >= 0.3 is 51.4 Å². The summed E-state index contributed by atoms with van der Waals surface area (Å²) in [7, 11) is 0. The molecular formula is C6H10KO4-. The minimum Gasteiger partial charge on any atom is -0.870 e. The average Bonchev–Trinajstić information content (AvgIpc) is 2.10. The molecule has 0 spiro atoms. The summed E-state index contributed by atoms with van der Waals surface area (Å²) < 4.78 is 10.1. The van der Waals surface area contributed by atoms with Gasteiger partial charge in [0.15, 0.2) is 5.79 Å². The van der Waals surface area contributed by atoms with Crippen LogP contribution in [0.25, 0.3) is 0 Å². The molecule has 0 saturated carbocycles. The van der Waals surface area contributed by atoms with Crippen LogP contribution in [-0.4, -0.2) is 30.3 Å². The molecule has 11 heavy (non-hydrogen) atoms. The number of hydrogen-bond acceptors (Lipinski definition) is 4. The topological polar surface area (TPSA) is 65.5 Å². The van der Waals surface area contributed by atoms with Crippen molar-refractivity contribution in [3.63, 3.8) is 0 Å². The fraction of sp³-hybridized carbons (Fsp3) is 0.833. The molecule has 0 aromatic carbocycles. The van der Waals surface area contributed by atoms with E-state index in [1.54, 1.807) is 20.1 Å². The van der Waals surface area contributed by atoms with Crippen molar-refractivity contribution in [2.75, 3.05) is 6.61 Å². The van der Waals surface area contributed by atoms with E-state index in [0.717, 1.165) is 0 Å². The van der Waals surface area contributed by atoms with E-state index in [2.05, 4.69) is 0 Å². The van der Waals surface area contributed by atoms with Crippen molar-refractivity contribution in [3.05, 3.63) is 0 Å². The Bertz CT molecular complexity index is 126. The maximum Gasteiger partial charge on any atom is 1.00 e. The molecule has 1 fully saturated rings. The molecule has 4 nitrogen and oxygen atoms in total. The van der Waals surface area contributed by atoms with Crippen LogP contribution in [0.4, 0.5) is 0 Å². The van der Waals surface area contributed by atoms with Crippen molar-refractivity contribution in [1.82, 2.24) is 0 Å². The molecule has 0 aliphatic carbocycles. The summed E-state index contributed by atoms with van der Waals surface area (Å²) in [6.45, 7) is 3.87. The zero-order chi connectivity index (χ0) is 6.91. The molecule has 1 rings (SSSR count). The Morgan fingerprint density at radius 2 is 2.09 bits per heavy atom. The Kier molecular flexibility index (Phi) is 7.71. The third kappa shape index (κ3) is 4.69. The van der Waals surface area contributed by atoms with Gasteiger partial charge in [-0.2, -0.15) is 0 Å². The minimum absolute atomic E-state index is 0. The largest absolute Gasteiger partial charge is 1.00 e. The molecule has 5 heteroatoms. The van der Waals surface area contributed by atoms with E-state index >= 15 is 0 Å². The van der Waals surface area contributed by atoms with E-state index in [4.69, 9.17) is 9.47 Å². The molecule has 1 aliphatic heterocycles. The Hall–Kier alpha value is 1.19. The fourth-order valence-electron chi connectivity index (χ4n) is 0.745. The van der Waals surface area contributed by atoms with Crippen molar-refractivity contribution in [1.29, 1.82) is 0 Å². The molecule has 1 saturated heterocycles. The van der Waals surface area contributed by atoms with Gasteiger partial charge < -0.3 is 19.7 Å². The van der Waals surface area contributed by atoms with Crippen molar-refractivity contribution < 1.29 is 71.1 Å². The van der Waals surface area contributed by atoms with Crippen LogP contribution in [0.1, 0.15) is 13.8 Å². The van der Waals surface area contributed by atoms with Gasteiger partial charge in [-0.05, 0) is 20.0 Å². The van der Waals surface area contributed by atoms with Crippen molar-refractivity contribution in [3.8, 4) is 0 Å². The molecule has 1 heterocycles. The van der Waals surface area contributed by atoms with Gasteiger partial charge in [0.2, 0.25) is 0 Å². The first-order chi connectivity index (χ1) is 4.14. The Morgan fingerprint density at radius 3 is 2.27 bits per heavy atom. The molecule has 1 atom stereocenters. The minimum atomic E-state index is -0.595. The monoisotopic (exact) mass is 185 g/mol. The third-order valence-corrected chi connectivity index (χ3v) is 1.14. The van der Waals surface area contributed by atoms with E-state index in [9.17, 15) is 4.79 Å². The van der Waals surface area contributed by atoms with Crippen LogP contribution in [0, 0.1) is 0 Å². The summed E-state index contributed by atoms with van der Waals surface area (Å²) in [4.78, 5) is 9.96. The van der Waals surface area contributed by atoms with Gasteiger partial charge in [0.05, 0.1) is 6.61 Å². The second-order valence-electron chi connectivity index (χ2n) is 2.44. The third-order valence-electron chi connectivity index (χ3n) is 1.14. The van der Waals surface area contributed by atoms with Crippen LogP contribution in [0.15, 0.2) is 0 Å². The predicted molar refractivity (Wildman–Crippen MR) is 32.5 cm³/mol.